The Hall–Kier alpha value is -2.88. The highest BCUT2D eigenvalue weighted by Crippen LogP contribution is 2.33. The zero-order valence-electron chi connectivity index (χ0n) is 18.4. The maximum Gasteiger partial charge on any atom is 0.351 e. The van der Waals surface area contributed by atoms with E-state index in [-0.39, 0.29) is 5.82 Å². The molecule has 1 aliphatic rings. The highest BCUT2D eigenvalue weighted by molar-refractivity contribution is 7.14. The van der Waals surface area contributed by atoms with Crippen LogP contribution in [0.4, 0.5) is 11.8 Å². The van der Waals surface area contributed by atoms with Gasteiger partial charge in [0.1, 0.15) is 11.5 Å². The third kappa shape index (κ3) is 4.43. The summed E-state index contributed by atoms with van der Waals surface area (Å²) in [5, 5.41) is 1.96. The van der Waals surface area contributed by atoms with Crippen LogP contribution in [0.25, 0.3) is 16.9 Å². The fourth-order valence-corrected chi connectivity index (χ4v) is 5.85. The van der Waals surface area contributed by atoms with E-state index in [4.69, 9.17) is 38.7 Å². The Morgan fingerprint density at radius 1 is 1.29 bits per heavy atom. The minimum absolute atomic E-state index is 0.230. The molecular weight excluding hydrogens is 495 g/mol. The number of carbonyl (C=O) groups is 1. The maximum atomic E-state index is 11.9. The van der Waals surface area contributed by atoms with E-state index < -0.39 is 5.97 Å². The summed E-state index contributed by atoms with van der Waals surface area (Å²) in [6.07, 6.45) is 6.48. The van der Waals surface area contributed by atoms with E-state index in [1.54, 1.807) is 18.3 Å². The molecule has 4 heterocycles. The van der Waals surface area contributed by atoms with E-state index in [1.807, 2.05) is 22.7 Å². The first kappa shape index (κ1) is 22.9. The smallest absolute Gasteiger partial charge is 0.351 e. The number of benzene rings is 1. The van der Waals surface area contributed by atoms with Crippen LogP contribution in [0.3, 0.4) is 0 Å². The maximum absolute atomic E-state index is 11.9. The zero-order chi connectivity index (χ0) is 23.8. The zero-order valence-corrected chi connectivity index (χ0v) is 20.7. The summed E-state index contributed by atoms with van der Waals surface area (Å²) in [6, 6.07) is 7.32. The average molecular weight is 517 g/mol. The van der Waals surface area contributed by atoms with Crippen molar-refractivity contribution in [1.29, 1.82) is 0 Å². The molecule has 2 N–H and O–H groups in total. The molecule has 4 aromatic rings. The third-order valence-electron chi connectivity index (χ3n) is 5.91. The van der Waals surface area contributed by atoms with Gasteiger partial charge in [-0.1, -0.05) is 23.2 Å². The quantitative estimate of drug-likeness (QED) is 0.373. The van der Waals surface area contributed by atoms with Gasteiger partial charge in [0.15, 0.2) is 4.88 Å². The predicted octanol–water partition coefficient (Wildman–Crippen LogP) is 4.99. The summed E-state index contributed by atoms with van der Waals surface area (Å²) < 4.78 is 6.79. The van der Waals surface area contributed by atoms with Crippen LogP contribution in [-0.4, -0.2) is 45.5 Å². The number of hydrogen-bond donors (Lipinski definition) is 1. The number of esters is 1. The van der Waals surface area contributed by atoms with Crippen molar-refractivity contribution >= 4 is 57.9 Å². The third-order valence-corrected chi connectivity index (χ3v) is 7.53. The lowest BCUT2D eigenvalue weighted by Crippen LogP contribution is -2.38. The molecule has 0 radical (unpaired) electrons. The van der Waals surface area contributed by atoms with Crippen molar-refractivity contribution in [2.45, 2.75) is 19.3 Å². The number of hydrogen-bond acceptors (Lipinski definition) is 8. The number of fused-ring (bicyclic) bond motifs is 1. The van der Waals surface area contributed by atoms with Gasteiger partial charge in [-0.15, -0.1) is 11.3 Å². The van der Waals surface area contributed by atoms with Crippen molar-refractivity contribution in [2.24, 2.45) is 5.92 Å². The van der Waals surface area contributed by atoms with Crippen molar-refractivity contribution < 1.29 is 9.53 Å². The predicted molar refractivity (Wildman–Crippen MR) is 135 cm³/mol. The Morgan fingerprint density at radius 3 is 2.94 bits per heavy atom. The van der Waals surface area contributed by atoms with Gasteiger partial charge in [0.25, 0.3) is 0 Å². The number of nitrogen functional groups attached to an aromatic ring is 1. The molecule has 1 aromatic carbocycles. The van der Waals surface area contributed by atoms with Gasteiger partial charge in [-0.25, -0.2) is 19.7 Å². The number of carbonyl (C=O) groups excluding carboxylic acids is 1. The van der Waals surface area contributed by atoms with Crippen LogP contribution in [0.1, 0.15) is 27.5 Å². The molecule has 5 rings (SSSR count). The minimum atomic E-state index is -0.448. The number of methoxy groups -OCH3 is 1. The monoisotopic (exact) mass is 516 g/mol. The average Bonchev–Trinajstić information content (AvgIpc) is 3.44. The number of rotatable bonds is 5. The van der Waals surface area contributed by atoms with Crippen molar-refractivity contribution in [3.05, 3.63) is 56.6 Å². The van der Waals surface area contributed by atoms with Gasteiger partial charge in [-0.3, -0.25) is 4.40 Å². The standard InChI is InChI=1S/C23H22Cl2N6O2S/c1-33-22(32)20-21(26)29-19(34-20)9-13-3-2-7-30(12-13)23-28-17(11-18-27-6-8-31(18)23)15-5-4-14(24)10-16(15)25/h4-6,8,10-11,13H,2-3,7,9,12,26H2,1H3. The van der Waals surface area contributed by atoms with Crippen molar-refractivity contribution in [2.75, 3.05) is 30.8 Å². The summed E-state index contributed by atoms with van der Waals surface area (Å²) in [7, 11) is 1.34. The van der Waals surface area contributed by atoms with Crippen LogP contribution in [0.15, 0.2) is 36.7 Å². The Balaban J connectivity index is 1.43. The lowest BCUT2D eigenvalue weighted by Gasteiger charge is -2.33. The van der Waals surface area contributed by atoms with Crippen LogP contribution in [0.5, 0.6) is 0 Å². The van der Waals surface area contributed by atoms with Crippen molar-refractivity contribution in [3.63, 3.8) is 0 Å². The van der Waals surface area contributed by atoms with Gasteiger partial charge >= 0.3 is 5.97 Å². The number of piperidine rings is 1. The van der Waals surface area contributed by atoms with Crippen LogP contribution < -0.4 is 10.6 Å². The topological polar surface area (TPSA) is 98.6 Å². The van der Waals surface area contributed by atoms with Crippen molar-refractivity contribution in [3.8, 4) is 11.3 Å². The molecule has 0 amide bonds. The second-order valence-corrected chi connectivity index (χ2v) is 10.1. The van der Waals surface area contributed by atoms with Gasteiger partial charge in [0.2, 0.25) is 5.95 Å². The molecule has 1 unspecified atom stereocenters. The number of halogens is 2. The molecule has 1 atom stereocenters. The van der Waals surface area contributed by atoms with Crippen LogP contribution in [0.2, 0.25) is 10.0 Å². The molecule has 11 heteroatoms. The lowest BCUT2D eigenvalue weighted by atomic mass is 9.95. The van der Waals surface area contributed by atoms with Crippen LogP contribution >= 0.6 is 34.5 Å². The van der Waals surface area contributed by atoms with E-state index in [9.17, 15) is 4.79 Å². The van der Waals surface area contributed by atoms with Crippen LogP contribution in [0, 0.1) is 5.92 Å². The number of aromatic nitrogens is 4. The van der Waals surface area contributed by atoms with E-state index in [1.165, 1.54) is 18.4 Å². The number of ether oxygens (including phenoxy) is 1. The van der Waals surface area contributed by atoms with Crippen LogP contribution in [-0.2, 0) is 11.2 Å². The number of imidazole rings is 1. The molecule has 176 valence electrons. The second kappa shape index (κ2) is 9.40. The normalized spacial score (nSPS) is 16.2. The summed E-state index contributed by atoms with van der Waals surface area (Å²) >= 11 is 13.9. The van der Waals surface area contributed by atoms with Gasteiger partial charge in [0.05, 0.1) is 22.8 Å². The Bertz CT molecular complexity index is 1370. The summed E-state index contributed by atoms with van der Waals surface area (Å²) in [4.78, 5) is 28.4. The Kier molecular flexibility index (Phi) is 6.33. The molecule has 1 saturated heterocycles. The first-order valence-electron chi connectivity index (χ1n) is 10.8. The Morgan fingerprint density at radius 2 is 2.15 bits per heavy atom. The molecule has 0 bridgehead atoms. The molecule has 1 aliphatic heterocycles. The second-order valence-electron chi connectivity index (χ2n) is 8.19. The van der Waals surface area contributed by atoms with Crippen molar-refractivity contribution in [1.82, 2.24) is 19.4 Å². The molecule has 8 nitrogen and oxygen atoms in total. The van der Waals surface area contributed by atoms with Gasteiger partial charge in [-0.05, 0) is 37.0 Å². The van der Waals surface area contributed by atoms with E-state index in [0.29, 0.717) is 20.8 Å². The highest BCUT2D eigenvalue weighted by atomic mass is 35.5. The SMILES string of the molecule is COC(=O)c1sc(CC2CCCN(c3nc(-c4ccc(Cl)cc4Cl)cc4nccn34)C2)nc1N. The lowest BCUT2D eigenvalue weighted by molar-refractivity contribution is 0.0607. The van der Waals surface area contributed by atoms with Gasteiger partial charge in [-0.2, -0.15) is 0 Å². The van der Waals surface area contributed by atoms with E-state index in [2.05, 4.69) is 14.9 Å². The molecule has 0 aliphatic carbocycles. The Labute approximate surface area is 210 Å². The molecule has 1 fully saturated rings. The molecule has 0 spiro atoms. The van der Waals surface area contributed by atoms with Gasteiger partial charge in [0, 0.05) is 48.6 Å². The summed E-state index contributed by atoms with van der Waals surface area (Å²) in [5.41, 5.74) is 8.28. The van der Waals surface area contributed by atoms with Gasteiger partial charge < -0.3 is 15.4 Å². The fourth-order valence-electron chi connectivity index (χ4n) is 4.33. The summed E-state index contributed by atoms with van der Waals surface area (Å²) in [6.45, 7) is 1.67. The number of nitrogens with two attached hydrogens (primary N) is 1. The first-order valence-corrected chi connectivity index (χ1v) is 12.4. The number of nitrogens with zero attached hydrogens (tertiary/aromatic N) is 5. The molecule has 34 heavy (non-hydrogen) atoms. The molecular formula is C23H22Cl2N6O2S. The minimum Gasteiger partial charge on any atom is -0.465 e. The highest BCUT2D eigenvalue weighted by Gasteiger charge is 2.26. The van der Waals surface area contributed by atoms with E-state index >= 15 is 0 Å². The number of thiazole rings is 1. The largest absolute Gasteiger partial charge is 0.465 e. The van der Waals surface area contributed by atoms with E-state index in [0.717, 1.165) is 60.2 Å². The molecule has 0 saturated carbocycles. The molecule has 3 aromatic heterocycles. The fraction of sp³-hybridized carbons (Fsp3) is 0.304. The first-order chi connectivity index (χ1) is 16.4. The number of anilines is 2. The summed E-state index contributed by atoms with van der Waals surface area (Å²) in [5.74, 6) is 0.937.